The van der Waals surface area contributed by atoms with E-state index in [1.165, 1.54) is 24.7 Å². The van der Waals surface area contributed by atoms with E-state index >= 15 is 0 Å². The number of hydrogen-bond donors (Lipinski definition) is 6. The van der Waals surface area contributed by atoms with Gasteiger partial charge < -0.3 is 40.3 Å². The largest absolute Gasteiger partial charge is 0.476 e. The van der Waals surface area contributed by atoms with Crippen molar-refractivity contribution < 1.29 is 44.6 Å². The average molecular weight is 641 g/mol. The Hall–Kier alpha value is -3.57. The van der Waals surface area contributed by atoms with E-state index in [9.17, 15) is 35.1 Å². The summed E-state index contributed by atoms with van der Waals surface area (Å²) in [7, 11) is 0. The molecule has 2 aromatic carbocycles. The number of aliphatic hydroxyl groups is 4. The number of carboxylic acid groups (broad SMARTS) is 1. The van der Waals surface area contributed by atoms with Crippen LogP contribution in [0.3, 0.4) is 0 Å². The quantitative estimate of drug-likeness (QED) is 0.120. The number of thiazole rings is 1. The van der Waals surface area contributed by atoms with Gasteiger partial charge in [0.1, 0.15) is 29.1 Å². The molecular weight excluding hydrogens is 600 g/mol. The minimum atomic E-state index is -2.56. The van der Waals surface area contributed by atoms with E-state index in [0.29, 0.717) is 22.6 Å². The molecule has 1 fully saturated rings. The standard InChI is InChI=1S/C33H40N2O9S/c1-3-4-5-6-7-8-9-12-21-15-16-22(31-35-23-13-10-11-14-27(23)45-31)26(17-21)43-33(32(41)42)18-24(38)28(34-20(2)37)30(44-33)29(40)25(39)19-36/h10-11,13-17,24-25,28-30,36,38-40H,3-8,18-19H2,1-2H3,(H,34,37)(H,41,42)/t24-,25+,28+,29+,30+,33+/m0/s1. The Balaban J connectivity index is 1.74. The number of aliphatic carboxylic acids is 1. The molecule has 0 unspecified atom stereocenters. The molecule has 4 rings (SSSR count). The third-order valence-corrected chi connectivity index (χ3v) is 8.67. The van der Waals surface area contributed by atoms with Gasteiger partial charge >= 0.3 is 11.8 Å². The van der Waals surface area contributed by atoms with Crippen molar-refractivity contribution in [2.75, 3.05) is 6.61 Å². The normalized spacial score (nSPS) is 22.7. The fraction of sp³-hybridized carbons (Fsp3) is 0.485. The number of carbonyl (C=O) groups excluding carboxylic acids is 1. The summed E-state index contributed by atoms with van der Waals surface area (Å²) in [6.45, 7) is 2.45. The molecule has 1 aliphatic rings. The van der Waals surface area contributed by atoms with Crippen molar-refractivity contribution in [1.29, 1.82) is 0 Å². The molecule has 45 heavy (non-hydrogen) atoms. The Kier molecular flexibility index (Phi) is 11.9. The fourth-order valence-corrected chi connectivity index (χ4v) is 6.24. The molecule has 0 aliphatic carbocycles. The lowest BCUT2D eigenvalue weighted by molar-refractivity contribution is -0.284. The predicted octanol–water partition coefficient (Wildman–Crippen LogP) is 3.20. The minimum absolute atomic E-state index is 0.0623. The zero-order valence-corrected chi connectivity index (χ0v) is 26.1. The molecule has 1 aromatic heterocycles. The topological polar surface area (TPSA) is 179 Å². The molecule has 6 atom stereocenters. The Labute approximate surface area is 265 Å². The van der Waals surface area contributed by atoms with Crippen molar-refractivity contribution in [1.82, 2.24) is 10.3 Å². The van der Waals surface area contributed by atoms with Crippen LogP contribution in [-0.2, 0) is 14.3 Å². The molecule has 6 N–H and O–H groups in total. The highest BCUT2D eigenvalue weighted by Gasteiger charge is 2.57. The predicted molar refractivity (Wildman–Crippen MR) is 169 cm³/mol. The molecule has 0 radical (unpaired) electrons. The van der Waals surface area contributed by atoms with Crippen LogP contribution in [0, 0.1) is 11.8 Å². The second-order valence-electron chi connectivity index (χ2n) is 11.1. The van der Waals surface area contributed by atoms with Gasteiger partial charge in [0, 0.05) is 18.9 Å². The van der Waals surface area contributed by atoms with Crippen molar-refractivity contribution in [3.05, 3.63) is 48.0 Å². The maximum Gasteiger partial charge on any atom is 0.377 e. The van der Waals surface area contributed by atoms with E-state index in [1.807, 2.05) is 24.3 Å². The third kappa shape index (κ3) is 8.38. The summed E-state index contributed by atoms with van der Waals surface area (Å²) in [4.78, 5) is 29.5. The number of nitrogens with zero attached hydrogens (tertiary/aromatic N) is 1. The number of nitrogens with one attached hydrogen (secondary N) is 1. The molecule has 11 nitrogen and oxygen atoms in total. The lowest BCUT2D eigenvalue weighted by atomic mass is 9.88. The highest BCUT2D eigenvalue weighted by Crippen LogP contribution is 2.41. The summed E-state index contributed by atoms with van der Waals surface area (Å²) < 4.78 is 12.9. The number of aliphatic hydroxyl groups excluding tert-OH is 4. The summed E-state index contributed by atoms with van der Waals surface area (Å²) >= 11 is 1.38. The van der Waals surface area contributed by atoms with Gasteiger partial charge in [0.15, 0.2) is 0 Å². The van der Waals surface area contributed by atoms with Gasteiger partial charge in [-0.05, 0) is 36.8 Å². The Morgan fingerprint density at radius 1 is 1.18 bits per heavy atom. The highest BCUT2D eigenvalue weighted by atomic mass is 32.1. The maximum atomic E-state index is 12.9. The molecule has 12 heteroatoms. The van der Waals surface area contributed by atoms with Crippen LogP contribution in [0.15, 0.2) is 42.5 Å². The van der Waals surface area contributed by atoms with Crippen LogP contribution in [-0.4, -0.2) is 85.2 Å². The van der Waals surface area contributed by atoms with E-state index in [0.717, 1.165) is 35.9 Å². The first kappa shape index (κ1) is 34.3. The van der Waals surface area contributed by atoms with Gasteiger partial charge in [-0.2, -0.15) is 0 Å². The summed E-state index contributed by atoms with van der Waals surface area (Å²) in [6, 6.07) is 11.3. The molecule has 1 aliphatic heterocycles. The van der Waals surface area contributed by atoms with Crippen LogP contribution >= 0.6 is 11.3 Å². The minimum Gasteiger partial charge on any atom is -0.476 e. The zero-order chi connectivity index (χ0) is 32.6. The number of ether oxygens (including phenoxy) is 2. The van der Waals surface area contributed by atoms with Crippen LogP contribution in [0.2, 0.25) is 0 Å². The maximum absolute atomic E-state index is 12.9. The average Bonchev–Trinajstić information content (AvgIpc) is 3.45. The van der Waals surface area contributed by atoms with Crippen molar-refractivity contribution in [3.8, 4) is 28.2 Å². The molecule has 242 valence electrons. The van der Waals surface area contributed by atoms with Gasteiger partial charge in [-0.15, -0.1) is 11.3 Å². The van der Waals surface area contributed by atoms with E-state index in [1.54, 1.807) is 18.2 Å². The molecule has 0 bridgehead atoms. The summed E-state index contributed by atoms with van der Waals surface area (Å²) in [5.41, 5.74) is 1.76. The second-order valence-corrected chi connectivity index (χ2v) is 12.2. The van der Waals surface area contributed by atoms with Crippen LogP contribution < -0.4 is 10.1 Å². The molecule has 1 saturated heterocycles. The SMILES string of the molecule is CCCCCCCC#Cc1ccc(-c2nc3ccccc3s2)c(O[C@]2(C(=O)O)C[C@H](O)[C@@H](NC(C)=O)[C@H]([C@H](O)[C@H](O)CO)O2)c1. The summed E-state index contributed by atoms with van der Waals surface area (Å²) in [6.07, 6.45) is -1.28. The number of fused-ring (bicyclic) bond motifs is 1. The summed E-state index contributed by atoms with van der Waals surface area (Å²) in [5, 5.41) is 55.0. The van der Waals surface area contributed by atoms with E-state index in [4.69, 9.17) is 14.5 Å². The number of para-hydroxylation sites is 1. The Morgan fingerprint density at radius 3 is 2.62 bits per heavy atom. The third-order valence-electron chi connectivity index (χ3n) is 7.61. The molecule has 0 saturated carbocycles. The first-order chi connectivity index (χ1) is 21.6. The van der Waals surface area contributed by atoms with E-state index in [2.05, 4.69) is 24.1 Å². The van der Waals surface area contributed by atoms with Gasteiger partial charge in [0.25, 0.3) is 0 Å². The highest BCUT2D eigenvalue weighted by molar-refractivity contribution is 7.21. The van der Waals surface area contributed by atoms with Gasteiger partial charge in [0.2, 0.25) is 5.91 Å². The molecule has 2 heterocycles. The lowest BCUT2D eigenvalue weighted by Gasteiger charge is -2.46. The molecule has 0 spiro atoms. The summed E-state index contributed by atoms with van der Waals surface area (Å²) in [5.74, 6) is 1.58. The smallest absolute Gasteiger partial charge is 0.377 e. The van der Waals surface area contributed by atoms with Crippen LogP contribution in [0.5, 0.6) is 5.75 Å². The molecular formula is C33H40N2O9S. The lowest BCUT2D eigenvalue weighted by Crippen LogP contribution is -2.68. The van der Waals surface area contributed by atoms with Crippen LogP contribution in [0.4, 0.5) is 0 Å². The van der Waals surface area contributed by atoms with Gasteiger partial charge in [-0.25, -0.2) is 9.78 Å². The first-order valence-electron chi connectivity index (χ1n) is 15.1. The zero-order valence-electron chi connectivity index (χ0n) is 25.3. The van der Waals surface area contributed by atoms with Crippen LogP contribution in [0.1, 0.15) is 64.4 Å². The first-order valence-corrected chi connectivity index (χ1v) is 15.9. The van der Waals surface area contributed by atoms with Crippen molar-refractivity contribution >= 4 is 33.4 Å². The van der Waals surface area contributed by atoms with Gasteiger partial charge in [-0.1, -0.05) is 56.6 Å². The number of unbranched alkanes of at least 4 members (excludes halogenated alkanes) is 5. The van der Waals surface area contributed by atoms with Crippen LogP contribution in [0.25, 0.3) is 20.8 Å². The number of hydrogen-bond acceptors (Lipinski definition) is 10. The molecule has 3 aromatic rings. The number of benzene rings is 2. The molecule has 1 amide bonds. The number of aromatic nitrogens is 1. The Morgan fingerprint density at radius 2 is 1.93 bits per heavy atom. The van der Waals surface area contributed by atoms with Crippen molar-refractivity contribution in [2.24, 2.45) is 0 Å². The van der Waals surface area contributed by atoms with Gasteiger partial charge in [-0.3, -0.25) is 4.79 Å². The number of amides is 1. The Bertz CT molecular complexity index is 1500. The van der Waals surface area contributed by atoms with E-state index in [-0.39, 0.29) is 5.75 Å². The number of carbonyl (C=O) groups is 2. The van der Waals surface area contributed by atoms with Gasteiger partial charge in [0.05, 0.1) is 41.0 Å². The van der Waals surface area contributed by atoms with E-state index < -0.39 is 61.1 Å². The van der Waals surface area contributed by atoms with Crippen molar-refractivity contribution in [3.63, 3.8) is 0 Å². The number of carboxylic acids is 1. The van der Waals surface area contributed by atoms with Crippen molar-refractivity contribution in [2.45, 2.75) is 95.0 Å². The monoisotopic (exact) mass is 640 g/mol. The fourth-order valence-electron chi connectivity index (χ4n) is 5.24. The second kappa shape index (κ2) is 15.6. The number of rotatable bonds is 13.